The largest absolute Gasteiger partial charge is 0.449 e. The number of nitrogens with one attached hydrogen (secondary N) is 1. The van der Waals surface area contributed by atoms with Crippen molar-refractivity contribution in [3.8, 4) is 11.1 Å². The summed E-state index contributed by atoms with van der Waals surface area (Å²) in [5.41, 5.74) is 4.47. The monoisotopic (exact) mass is 341 g/mol. The molecule has 2 aromatic carbocycles. The van der Waals surface area contributed by atoms with Gasteiger partial charge in [-0.25, -0.2) is 4.79 Å². The second kappa shape index (κ2) is 7.47. The van der Waals surface area contributed by atoms with Crippen molar-refractivity contribution in [3.05, 3.63) is 59.7 Å². The van der Waals surface area contributed by atoms with Gasteiger partial charge in [-0.05, 0) is 28.7 Å². The molecule has 0 aromatic heterocycles. The second-order valence-corrected chi connectivity index (χ2v) is 6.12. The summed E-state index contributed by atoms with van der Waals surface area (Å²) in [6, 6.07) is 13.3. The first kappa shape index (κ1) is 17.1. The fraction of sp³-hybridized carbons (Fsp3) is 0.300. The molecule has 0 bridgehead atoms. The zero-order valence-electron chi connectivity index (χ0n) is 14.0. The minimum absolute atomic E-state index is 0.0659. The summed E-state index contributed by atoms with van der Waals surface area (Å²) in [4.78, 5) is 22.9. The molecule has 0 spiro atoms. The molecular weight excluding hydrogens is 321 g/mol. The van der Waals surface area contributed by atoms with Crippen molar-refractivity contribution in [2.75, 3.05) is 6.61 Å². The number of carbonyl (C=O) groups is 2. The van der Waals surface area contributed by atoms with E-state index < -0.39 is 18.2 Å². The van der Waals surface area contributed by atoms with Crippen LogP contribution >= 0.6 is 0 Å². The molecule has 1 aliphatic rings. The van der Waals surface area contributed by atoms with Crippen LogP contribution in [0.4, 0.5) is 9.18 Å². The highest BCUT2D eigenvalue weighted by Gasteiger charge is 2.29. The number of benzene rings is 2. The standard InChI is InChI=1S/C20H20FNO3/c1-2-7-18(19(21)23)22-20(24)25-12-17-15-10-5-3-8-13(15)14-9-4-6-11-16(14)17/h3-6,8-11,17-18H,2,7,12H2,1H3,(H,22,24)/t18-/m0/s1. The molecule has 1 atom stereocenters. The number of carbonyl (C=O) groups excluding carboxylic acids is 2. The maximum Gasteiger partial charge on any atom is 0.407 e. The van der Waals surface area contributed by atoms with Gasteiger partial charge in [-0.1, -0.05) is 61.9 Å². The van der Waals surface area contributed by atoms with E-state index in [1.807, 2.05) is 55.5 Å². The molecule has 2 aromatic rings. The molecule has 0 saturated heterocycles. The molecule has 3 rings (SSSR count). The van der Waals surface area contributed by atoms with E-state index in [-0.39, 0.29) is 18.9 Å². The molecule has 1 aliphatic carbocycles. The highest BCUT2D eigenvalue weighted by Crippen LogP contribution is 2.44. The maximum absolute atomic E-state index is 12.9. The van der Waals surface area contributed by atoms with Gasteiger partial charge in [-0.2, -0.15) is 4.39 Å². The zero-order chi connectivity index (χ0) is 17.8. The lowest BCUT2D eigenvalue weighted by Gasteiger charge is -2.16. The summed E-state index contributed by atoms with van der Waals surface area (Å²) in [5, 5.41) is 2.30. The second-order valence-electron chi connectivity index (χ2n) is 6.12. The van der Waals surface area contributed by atoms with Gasteiger partial charge in [-0.3, -0.25) is 4.79 Å². The van der Waals surface area contributed by atoms with E-state index >= 15 is 0 Å². The van der Waals surface area contributed by atoms with E-state index in [1.165, 1.54) is 0 Å². The van der Waals surface area contributed by atoms with Crippen molar-refractivity contribution in [3.63, 3.8) is 0 Å². The van der Waals surface area contributed by atoms with Crippen molar-refractivity contribution in [1.82, 2.24) is 5.32 Å². The molecule has 1 N–H and O–H groups in total. The van der Waals surface area contributed by atoms with E-state index in [0.29, 0.717) is 6.42 Å². The maximum atomic E-state index is 12.9. The molecule has 4 nitrogen and oxygen atoms in total. The lowest BCUT2D eigenvalue weighted by molar-refractivity contribution is -0.131. The van der Waals surface area contributed by atoms with Crippen LogP contribution in [0.1, 0.15) is 36.8 Å². The molecular formula is C20H20FNO3. The smallest absolute Gasteiger partial charge is 0.407 e. The number of ether oxygens (including phenoxy) is 1. The van der Waals surface area contributed by atoms with Gasteiger partial charge < -0.3 is 10.1 Å². The molecule has 0 aliphatic heterocycles. The Hall–Kier alpha value is -2.69. The first-order chi connectivity index (χ1) is 12.1. The number of fused-ring (bicyclic) bond motifs is 3. The average molecular weight is 341 g/mol. The third-order valence-corrected chi connectivity index (χ3v) is 4.49. The first-order valence-electron chi connectivity index (χ1n) is 8.42. The predicted octanol–water partition coefficient (Wildman–Crippen LogP) is 4.19. The Morgan fingerprint density at radius 2 is 1.64 bits per heavy atom. The van der Waals surface area contributed by atoms with E-state index in [1.54, 1.807) is 0 Å². The fourth-order valence-corrected chi connectivity index (χ4v) is 3.31. The highest BCUT2D eigenvalue weighted by atomic mass is 19.1. The van der Waals surface area contributed by atoms with Crippen molar-refractivity contribution in [1.29, 1.82) is 0 Å². The van der Waals surface area contributed by atoms with E-state index in [9.17, 15) is 14.0 Å². The normalized spacial score (nSPS) is 13.7. The lowest BCUT2D eigenvalue weighted by atomic mass is 9.98. The number of halogens is 1. The van der Waals surface area contributed by atoms with E-state index in [0.717, 1.165) is 22.3 Å². The summed E-state index contributed by atoms with van der Waals surface area (Å²) >= 11 is 0. The molecule has 25 heavy (non-hydrogen) atoms. The van der Waals surface area contributed by atoms with Gasteiger partial charge in [0.2, 0.25) is 0 Å². The van der Waals surface area contributed by atoms with Crippen LogP contribution in [-0.2, 0) is 9.53 Å². The predicted molar refractivity (Wildman–Crippen MR) is 93.0 cm³/mol. The average Bonchev–Trinajstić information content (AvgIpc) is 2.93. The third-order valence-electron chi connectivity index (χ3n) is 4.49. The summed E-state index contributed by atoms with van der Waals surface area (Å²) in [6.07, 6.45) is 0.0649. The summed E-state index contributed by atoms with van der Waals surface area (Å²) in [6.45, 7) is 1.95. The molecule has 0 fully saturated rings. The lowest BCUT2D eigenvalue weighted by Crippen LogP contribution is -2.39. The zero-order valence-corrected chi connectivity index (χ0v) is 14.0. The van der Waals surface area contributed by atoms with Gasteiger partial charge in [0.1, 0.15) is 12.6 Å². The van der Waals surface area contributed by atoms with E-state index in [4.69, 9.17) is 4.74 Å². The molecule has 5 heteroatoms. The van der Waals surface area contributed by atoms with Crippen LogP contribution in [0, 0.1) is 0 Å². The minimum Gasteiger partial charge on any atom is -0.449 e. The third kappa shape index (κ3) is 3.55. The van der Waals surface area contributed by atoms with Gasteiger partial charge in [0.25, 0.3) is 0 Å². The molecule has 1 amide bonds. The van der Waals surface area contributed by atoms with Crippen molar-refractivity contribution >= 4 is 12.1 Å². The van der Waals surface area contributed by atoms with Gasteiger partial charge in [-0.15, -0.1) is 0 Å². The van der Waals surface area contributed by atoms with Gasteiger partial charge in [0.05, 0.1) is 0 Å². The quantitative estimate of drug-likeness (QED) is 0.802. The molecule has 0 unspecified atom stereocenters. The molecule has 0 radical (unpaired) electrons. The number of alkyl carbamates (subject to hydrolysis) is 1. The van der Waals surface area contributed by atoms with Crippen LogP contribution in [0.15, 0.2) is 48.5 Å². The molecule has 0 heterocycles. The number of rotatable bonds is 6. The SMILES string of the molecule is CCC[C@H](NC(=O)OCC1c2ccccc2-c2ccccc21)C(=O)F. The van der Waals surface area contributed by atoms with Crippen LogP contribution in [-0.4, -0.2) is 24.8 Å². The Labute approximate surface area is 146 Å². The summed E-state index contributed by atoms with van der Waals surface area (Å²) in [7, 11) is 0. The van der Waals surface area contributed by atoms with Gasteiger partial charge >= 0.3 is 12.1 Å². The number of hydrogen-bond acceptors (Lipinski definition) is 3. The van der Waals surface area contributed by atoms with Crippen molar-refractivity contribution in [2.24, 2.45) is 0 Å². The van der Waals surface area contributed by atoms with Crippen LogP contribution in [0.2, 0.25) is 0 Å². The topological polar surface area (TPSA) is 55.4 Å². The minimum atomic E-state index is -1.55. The Kier molecular flexibility index (Phi) is 5.12. The fourth-order valence-electron chi connectivity index (χ4n) is 3.31. The van der Waals surface area contributed by atoms with E-state index in [2.05, 4.69) is 5.32 Å². The summed E-state index contributed by atoms with van der Waals surface area (Å²) in [5.74, 6) is -0.0659. The van der Waals surface area contributed by atoms with Crippen LogP contribution < -0.4 is 5.32 Å². The van der Waals surface area contributed by atoms with Gasteiger partial charge in [0.15, 0.2) is 0 Å². The first-order valence-corrected chi connectivity index (χ1v) is 8.42. The van der Waals surface area contributed by atoms with Crippen molar-refractivity contribution < 1.29 is 18.7 Å². The number of amides is 1. The molecule has 130 valence electrons. The Morgan fingerprint density at radius 3 is 2.16 bits per heavy atom. The van der Waals surface area contributed by atoms with Crippen molar-refractivity contribution in [2.45, 2.75) is 31.7 Å². The number of hydrogen-bond donors (Lipinski definition) is 1. The van der Waals surface area contributed by atoms with Crippen LogP contribution in [0.25, 0.3) is 11.1 Å². The summed E-state index contributed by atoms with van der Waals surface area (Å²) < 4.78 is 18.2. The molecule has 0 saturated carbocycles. The van der Waals surface area contributed by atoms with Crippen LogP contribution in [0.5, 0.6) is 0 Å². The van der Waals surface area contributed by atoms with Crippen LogP contribution in [0.3, 0.4) is 0 Å². The Bertz CT molecular complexity index is 745. The highest BCUT2D eigenvalue weighted by molar-refractivity contribution is 5.81. The van der Waals surface area contributed by atoms with Gasteiger partial charge in [0, 0.05) is 5.92 Å². The Morgan fingerprint density at radius 1 is 1.08 bits per heavy atom. The Balaban J connectivity index is 1.71.